The van der Waals surface area contributed by atoms with Crippen molar-refractivity contribution >= 4 is 17.7 Å². The van der Waals surface area contributed by atoms with Crippen LogP contribution in [-0.4, -0.2) is 36.4 Å². The van der Waals surface area contributed by atoms with Crippen LogP contribution in [0.25, 0.3) is 0 Å². The molecule has 0 aliphatic heterocycles. The summed E-state index contributed by atoms with van der Waals surface area (Å²) < 4.78 is 5.27. The van der Waals surface area contributed by atoms with Gasteiger partial charge in [-0.05, 0) is 37.0 Å². The van der Waals surface area contributed by atoms with Crippen LogP contribution < -0.4 is 10.6 Å². The highest BCUT2D eigenvalue weighted by atomic mass is 16.5. The summed E-state index contributed by atoms with van der Waals surface area (Å²) in [5.74, 6) is -0.895. The third kappa shape index (κ3) is 4.75. The summed E-state index contributed by atoms with van der Waals surface area (Å²) in [4.78, 5) is 22.6. The summed E-state index contributed by atoms with van der Waals surface area (Å²) in [6.45, 7) is 0. The Morgan fingerprint density at radius 3 is 2.86 bits per heavy atom. The topological polar surface area (TPSA) is 87.7 Å². The number of hydrogen-bond donors (Lipinski definition) is 3. The Balaban J connectivity index is 1.86. The number of carboxylic acid groups (broad SMARTS) is 1. The first-order valence-electron chi connectivity index (χ1n) is 6.98. The molecule has 114 valence electrons. The number of ether oxygens (including phenoxy) is 1. The zero-order chi connectivity index (χ0) is 15.2. The van der Waals surface area contributed by atoms with Crippen molar-refractivity contribution in [1.82, 2.24) is 5.32 Å². The van der Waals surface area contributed by atoms with Crippen molar-refractivity contribution in [3.8, 4) is 0 Å². The monoisotopic (exact) mass is 292 g/mol. The van der Waals surface area contributed by atoms with Crippen LogP contribution in [-0.2, 0) is 16.0 Å². The molecule has 0 heterocycles. The van der Waals surface area contributed by atoms with Gasteiger partial charge in [0.2, 0.25) is 0 Å². The fourth-order valence-electron chi connectivity index (χ4n) is 2.57. The van der Waals surface area contributed by atoms with Crippen LogP contribution in [0.1, 0.15) is 24.8 Å². The largest absolute Gasteiger partial charge is 0.481 e. The van der Waals surface area contributed by atoms with Crippen LogP contribution >= 0.6 is 0 Å². The second-order valence-corrected chi connectivity index (χ2v) is 5.24. The van der Waals surface area contributed by atoms with Crippen molar-refractivity contribution in [2.24, 2.45) is 0 Å². The average Bonchev–Trinajstić information content (AvgIpc) is 2.85. The van der Waals surface area contributed by atoms with E-state index in [1.165, 1.54) is 0 Å². The second kappa shape index (κ2) is 7.08. The Morgan fingerprint density at radius 1 is 1.38 bits per heavy atom. The number of carbonyl (C=O) groups excluding carboxylic acids is 1. The molecule has 2 atom stereocenters. The fraction of sp³-hybridized carbons (Fsp3) is 0.467. The second-order valence-electron chi connectivity index (χ2n) is 5.24. The fourth-order valence-corrected chi connectivity index (χ4v) is 2.57. The van der Waals surface area contributed by atoms with Gasteiger partial charge in [-0.2, -0.15) is 0 Å². The molecule has 0 bridgehead atoms. The molecule has 0 aromatic heterocycles. The molecular weight excluding hydrogens is 272 g/mol. The minimum absolute atomic E-state index is 0.0602. The van der Waals surface area contributed by atoms with E-state index in [0.717, 1.165) is 19.3 Å². The first kappa shape index (κ1) is 15.3. The van der Waals surface area contributed by atoms with E-state index < -0.39 is 5.97 Å². The van der Waals surface area contributed by atoms with Gasteiger partial charge in [-0.1, -0.05) is 12.1 Å². The Morgan fingerprint density at radius 2 is 2.19 bits per heavy atom. The number of methoxy groups -OCH3 is 1. The van der Waals surface area contributed by atoms with Gasteiger partial charge in [-0.3, -0.25) is 4.79 Å². The summed E-state index contributed by atoms with van der Waals surface area (Å²) in [5, 5.41) is 14.4. The summed E-state index contributed by atoms with van der Waals surface area (Å²) >= 11 is 0. The van der Waals surface area contributed by atoms with E-state index in [2.05, 4.69) is 10.6 Å². The molecule has 1 aliphatic carbocycles. The minimum atomic E-state index is -0.895. The van der Waals surface area contributed by atoms with Crippen molar-refractivity contribution in [3.05, 3.63) is 29.8 Å². The van der Waals surface area contributed by atoms with E-state index in [1.807, 2.05) is 0 Å². The first-order chi connectivity index (χ1) is 10.1. The van der Waals surface area contributed by atoms with Gasteiger partial charge in [0.15, 0.2) is 0 Å². The van der Waals surface area contributed by atoms with Gasteiger partial charge in [0, 0.05) is 18.8 Å². The van der Waals surface area contributed by atoms with Crippen LogP contribution in [0.3, 0.4) is 0 Å². The first-order valence-corrected chi connectivity index (χ1v) is 6.98. The van der Waals surface area contributed by atoms with Crippen molar-refractivity contribution in [2.45, 2.75) is 37.8 Å². The van der Waals surface area contributed by atoms with Crippen molar-refractivity contribution in [2.75, 3.05) is 12.4 Å². The number of rotatable bonds is 5. The number of anilines is 1. The number of nitrogens with one attached hydrogen (secondary N) is 2. The molecule has 6 heteroatoms. The Bertz CT molecular complexity index is 518. The van der Waals surface area contributed by atoms with Crippen LogP contribution in [0.2, 0.25) is 0 Å². The molecule has 0 spiro atoms. The highest BCUT2D eigenvalue weighted by Crippen LogP contribution is 2.21. The van der Waals surface area contributed by atoms with E-state index in [-0.39, 0.29) is 24.6 Å². The predicted octanol–water partition coefficient (Wildman–Crippen LogP) is 2.00. The maximum Gasteiger partial charge on any atom is 0.319 e. The van der Waals surface area contributed by atoms with Gasteiger partial charge in [-0.25, -0.2) is 4.79 Å². The lowest BCUT2D eigenvalue weighted by Gasteiger charge is -2.14. The zero-order valence-electron chi connectivity index (χ0n) is 12.0. The average molecular weight is 292 g/mol. The maximum absolute atomic E-state index is 11.9. The number of carboxylic acids is 1. The van der Waals surface area contributed by atoms with Gasteiger partial charge in [0.1, 0.15) is 0 Å². The smallest absolute Gasteiger partial charge is 0.319 e. The van der Waals surface area contributed by atoms with Crippen LogP contribution in [0.5, 0.6) is 0 Å². The molecule has 0 saturated heterocycles. The number of benzene rings is 1. The molecule has 1 aromatic rings. The molecule has 1 fully saturated rings. The van der Waals surface area contributed by atoms with Crippen LogP contribution in [0.4, 0.5) is 10.5 Å². The SMILES string of the molecule is COC1CCC(NC(=O)Nc2cccc(CC(=O)O)c2)C1. The van der Waals surface area contributed by atoms with Crippen LogP contribution in [0, 0.1) is 0 Å². The summed E-state index contributed by atoms with van der Waals surface area (Å²) in [6.07, 6.45) is 2.84. The lowest BCUT2D eigenvalue weighted by atomic mass is 10.1. The summed E-state index contributed by atoms with van der Waals surface area (Å²) in [5.41, 5.74) is 1.24. The van der Waals surface area contributed by atoms with Gasteiger partial charge in [0.05, 0.1) is 12.5 Å². The number of amides is 2. The molecule has 1 aromatic carbocycles. The molecule has 1 aliphatic rings. The molecule has 0 radical (unpaired) electrons. The molecule has 1 saturated carbocycles. The lowest BCUT2D eigenvalue weighted by molar-refractivity contribution is -0.136. The van der Waals surface area contributed by atoms with E-state index >= 15 is 0 Å². The highest BCUT2D eigenvalue weighted by Gasteiger charge is 2.25. The van der Waals surface area contributed by atoms with Crippen LogP contribution in [0.15, 0.2) is 24.3 Å². The molecule has 2 rings (SSSR count). The van der Waals surface area contributed by atoms with Gasteiger partial charge in [0.25, 0.3) is 0 Å². The molecular formula is C15H20N2O4. The van der Waals surface area contributed by atoms with Gasteiger partial charge in [-0.15, -0.1) is 0 Å². The van der Waals surface area contributed by atoms with Crippen molar-refractivity contribution in [1.29, 1.82) is 0 Å². The predicted molar refractivity (Wildman–Crippen MR) is 78.4 cm³/mol. The standard InChI is InChI=1S/C15H20N2O4/c1-21-13-6-5-12(9-13)17-15(20)16-11-4-2-3-10(7-11)8-14(18)19/h2-4,7,12-13H,5-6,8-9H2,1H3,(H,18,19)(H2,16,17,20). The molecule has 2 amide bonds. The third-order valence-corrected chi connectivity index (χ3v) is 3.59. The molecule has 3 N–H and O–H groups in total. The molecule has 2 unspecified atom stereocenters. The van der Waals surface area contributed by atoms with Crippen molar-refractivity contribution in [3.63, 3.8) is 0 Å². The van der Waals surface area contributed by atoms with E-state index in [4.69, 9.17) is 9.84 Å². The lowest BCUT2D eigenvalue weighted by Crippen LogP contribution is -2.36. The highest BCUT2D eigenvalue weighted by molar-refractivity contribution is 5.89. The van der Waals surface area contributed by atoms with Gasteiger partial charge < -0.3 is 20.5 Å². The molecule has 21 heavy (non-hydrogen) atoms. The van der Waals surface area contributed by atoms with E-state index in [1.54, 1.807) is 31.4 Å². The van der Waals surface area contributed by atoms with E-state index in [9.17, 15) is 9.59 Å². The zero-order valence-corrected chi connectivity index (χ0v) is 12.0. The molecule has 6 nitrogen and oxygen atoms in total. The van der Waals surface area contributed by atoms with Gasteiger partial charge >= 0.3 is 12.0 Å². The number of aliphatic carboxylic acids is 1. The number of hydrogen-bond acceptors (Lipinski definition) is 3. The third-order valence-electron chi connectivity index (χ3n) is 3.59. The quantitative estimate of drug-likeness (QED) is 0.774. The normalized spacial score (nSPS) is 21.0. The number of urea groups is 1. The minimum Gasteiger partial charge on any atom is -0.481 e. The van der Waals surface area contributed by atoms with E-state index in [0.29, 0.717) is 11.3 Å². The summed E-state index contributed by atoms with van der Waals surface area (Å²) in [6, 6.07) is 6.70. The number of carbonyl (C=O) groups is 2. The van der Waals surface area contributed by atoms with Crippen molar-refractivity contribution < 1.29 is 19.4 Å². The Labute approximate surface area is 123 Å². The Hall–Kier alpha value is -2.08. The summed E-state index contributed by atoms with van der Waals surface area (Å²) in [7, 11) is 1.68. The Kier molecular flexibility index (Phi) is 5.16. The maximum atomic E-state index is 11.9.